The quantitative estimate of drug-likeness (QED) is 0.941. The largest absolute Gasteiger partial charge is 0.316 e. The molecule has 0 spiro atoms. The highest BCUT2D eigenvalue weighted by Gasteiger charge is 2.22. The van der Waals surface area contributed by atoms with Gasteiger partial charge in [-0.2, -0.15) is 0 Å². The molecule has 0 radical (unpaired) electrons. The first-order chi connectivity index (χ1) is 10.1. The van der Waals surface area contributed by atoms with E-state index in [2.05, 4.69) is 38.3 Å². The third-order valence-corrected chi connectivity index (χ3v) is 4.70. The number of nitrogens with zero attached hydrogens (tertiary/aromatic N) is 4. The van der Waals surface area contributed by atoms with Crippen LogP contribution in [0.1, 0.15) is 42.5 Å². The maximum Gasteiger partial charge on any atom is 0.188 e. The molecule has 1 unspecified atom stereocenters. The number of likely N-dealkylation sites (tertiary alicyclic amines) is 1. The van der Waals surface area contributed by atoms with Crippen molar-refractivity contribution >= 4 is 22.3 Å². The predicted molar refractivity (Wildman–Crippen MR) is 86.1 cm³/mol. The van der Waals surface area contributed by atoms with E-state index in [4.69, 9.17) is 0 Å². The molecule has 0 bridgehead atoms. The molecule has 0 aliphatic carbocycles. The Morgan fingerprint density at radius 1 is 1.24 bits per heavy atom. The van der Waals surface area contributed by atoms with Crippen LogP contribution in [0.4, 0.5) is 10.9 Å². The summed E-state index contributed by atoms with van der Waals surface area (Å²) in [6, 6.07) is 2.47. The first-order valence-electron chi connectivity index (χ1n) is 7.37. The lowest BCUT2D eigenvalue weighted by molar-refractivity contribution is 0.183. The molecule has 112 valence electrons. The van der Waals surface area contributed by atoms with E-state index in [0.29, 0.717) is 6.04 Å². The van der Waals surface area contributed by atoms with Crippen LogP contribution in [0.3, 0.4) is 0 Å². The van der Waals surface area contributed by atoms with Gasteiger partial charge < -0.3 is 5.32 Å². The Bertz CT molecular complexity index is 624. The molecule has 5 nitrogen and oxygen atoms in total. The van der Waals surface area contributed by atoms with Gasteiger partial charge >= 0.3 is 0 Å². The molecule has 3 heterocycles. The van der Waals surface area contributed by atoms with E-state index in [-0.39, 0.29) is 0 Å². The van der Waals surface area contributed by atoms with Crippen molar-refractivity contribution in [1.82, 2.24) is 19.9 Å². The number of aromatic nitrogens is 3. The van der Waals surface area contributed by atoms with Gasteiger partial charge in [-0.15, -0.1) is 11.3 Å². The van der Waals surface area contributed by atoms with Crippen molar-refractivity contribution in [2.45, 2.75) is 39.2 Å². The molecule has 0 aromatic carbocycles. The van der Waals surface area contributed by atoms with Gasteiger partial charge in [0.25, 0.3) is 0 Å². The van der Waals surface area contributed by atoms with Crippen molar-refractivity contribution in [1.29, 1.82) is 0 Å². The summed E-state index contributed by atoms with van der Waals surface area (Å²) in [5.74, 6) is 1.65. The molecule has 3 rings (SSSR count). The van der Waals surface area contributed by atoms with Crippen LogP contribution in [0, 0.1) is 13.8 Å². The number of rotatable bonds is 3. The zero-order valence-electron chi connectivity index (χ0n) is 12.8. The van der Waals surface area contributed by atoms with Crippen LogP contribution < -0.4 is 5.32 Å². The normalized spacial score (nSPS) is 19.7. The molecular formula is C15H21N5S. The molecule has 1 aliphatic rings. The summed E-state index contributed by atoms with van der Waals surface area (Å²) in [4.78, 5) is 15.9. The molecule has 2 aromatic rings. The Morgan fingerprint density at radius 2 is 2.10 bits per heavy atom. The van der Waals surface area contributed by atoms with Gasteiger partial charge in [-0.25, -0.2) is 15.0 Å². The van der Waals surface area contributed by atoms with E-state index >= 15 is 0 Å². The molecule has 1 fully saturated rings. The highest BCUT2D eigenvalue weighted by molar-refractivity contribution is 7.13. The Labute approximate surface area is 129 Å². The molecule has 0 amide bonds. The lowest BCUT2D eigenvalue weighted by Crippen LogP contribution is -2.30. The fraction of sp³-hybridized carbons (Fsp3) is 0.533. The van der Waals surface area contributed by atoms with Crippen molar-refractivity contribution in [2.24, 2.45) is 0 Å². The molecule has 1 aliphatic heterocycles. The highest BCUT2D eigenvalue weighted by atomic mass is 32.1. The van der Waals surface area contributed by atoms with Gasteiger partial charge in [0.15, 0.2) is 5.13 Å². The van der Waals surface area contributed by atoms with Gasteiger partial charge in [0.2, 0.25) is 0 Å². The number of piperidine rings is 1. The van der Waals surface area contributed by atoms with Crippen molar-refractivity contribution in [3.63, 3.8) is 0 Å². The average molecular weight is 303 g/mol. The van der Waals surface area contributed by atoms with E-state index < -0.39 is 0 Å². The molecule has 0 saturated carbocycles. The standard InChI is InChI=1S/C15H21N5S/c1-10-9-21-15(16-10)19-14-8-12(17-11(2)18-14)13-6-4-5-7-20(13)3/h8-9,13H,4-7H2,1-3H3,(H,16,17,18,19). The number of hydrogen-bond donors (Lipinski definition) is 1. The van der Waals surface area contributed by atoms with Gasteiger partial charge in [-0.05, 0) is 40.3 Å². The predicted octanol–water partition coefficient (Wildman–Crippen LogP) is 3.45. The van der Waals surface area contributed by atoms with Gasteiger partial charge in [-0.3, -0.25) is 4.90 Å². The second kappa shape index (κ2) is 6.07. The number of nitrogens with one attached hydrogen (secondary N) is 1. The van der Waals surface area contributed by atoms with Crippen molar-refractivity contribution < 1.29 is 0 Å². The monoisotopic (exact) mass is 303 g/mol. The smallest absolute Gasteiger partial charge is 0.188 e. The highest BCUT2D eigenvalue weighted by Crippen LogP contribution is 2.30. The molecule has 21 heavy (non-hydrogen) atoms. The molecular weight excluding hydrogens is 282 g/mol. The maximum absolute atomic E-state index is 4.64. The van der Waals surface area contributed by atoms with Crippen LogP contribution in [-0.4, -0.2) is 33.4 Å². The summed E-state index contributed by atoms with van der Waals surface area (Å²) < 4.78 is 0. The van der Waals surface area contributed by atoms with Crippen LogP contribution in [0.15, 0.2) is 11.4 Å². The molecule has 1 atom stereocenters. The Balaban J connectivity index is 1.85. The van der Waals surface area contributed by atoms with Crippen molar-refractivity contribution in [3.05, 3.63) is 28.7 Å². The van der Waals surface area contributed by atoms with Crippen LogP contribution in [0.5, 0.6) is 0 Å². The number of thiazole rings is 1. The third-order valence-electron chi connectivity index (χ3n) is 3.82. The summed E-state index contributed by atoms with van der Waals surface area (Å²) in [6.45, 7) is 5.09. The summed E-state index contributed by atoms with van der Waals surface area (Å²) in [5, 5.41) is 6.21. The Morgan fingerprint density at radius 3 is 2.81 bits per heavy atom. The maximum atomic E-state index is 4.64. The number of aryl methyl sites for hydroxylation is 2. The lowest BCUT2D eigenvalue weighted by Gasteiger charge is -2.32. The van der Waals surface area contributed by atoms with Crippen molar-refractivity contribution in [3.8, 4) is 0 Å². The first kappa shape index (κ1) is 14.4. The fourth-order valence-electron chi connectivity index (χ4n) is 2.80. The zero-order chi connectivity index (χ0) is 14.8. The zero-order valence-corrected chi connectivity index (χ0v) is 13.6. The van der Waals surface area contributed by atoms with E-state index in [0.717, 1.165) is 34.7 Å². The van der Waals surface area contributed by atoms with Crippen LogP contribution in [0.2, 0.25) is 0 Å². The molecule has 1 saturated heterocycles. The SMILES string of the molecule is Cc1csc(Nc2cc(C3CCCCN3C)nc(C)n2)n1. The molecule has 1 N–H and O–H groups in total. The summed E-state index contributed by atoms with van der Waals surface area (Å²) in [7, 11) is 2.18. The number of hydrogen-bond acceptors (Lipinski definition) is 6. The Kier molecular flexibility index (Phi) is 4.17. The van der Waals surface area contributed by atoms with Crippen molar-refractivity contribution in [2.75, 3.05) is 18.9 Å². The van der Waals surface area contributed by atoms with E-state index in [1.165, 1.54) is 19.3 Å². The van der Waals surface area contributed by atoms with Gasteiger partial charge in [-0.1, -0.05) is 6.42 Å². The lowest BCUT2D eigenvalue weighted by atomic mass is 10.00. The minimum Gasteiger partial charge on any atom is -0.316 e. The van der Waals surface area contributed by atoms with Gasteiger partial charge in [0.05, 0.1) is 17.4 Å². The van der Waals surface area contributed by atoms with E-state index in [9.17, 15) is 0 Å². The average Bonchev–Trinajstić information content (AvgIpc) is 2.84. The van der Waals surface area contributed by atoms with E-state index in [1.807, 2.05) is 19.2 Å². The Hall–Kier alpha value is -1.53. The van der Waals surface area contributed by atoms with E-state index in [1.54, 1.807) is 11.3 Å². The molecule has 6 heteroatoms. The second-order valence-corrected chi connectivity index (χ2v) is 6.49. The van der Waals surface area contributed by atoms with Gasteiger partial charge in [0.1, 0.15) is 11.6 Å². The topological polar surface area (TPSA) is 53.9 Å². The summed E-state index contributed by atoms with van der Waals surface area (Å²) in [5.41, 5.74) is 2.14. The molecule has 2 aromatic heterocycles. The van der Waals surface area contributed by atoms with Crippen LogP contribution in [0.25, 0.3) is 0 Å². The second-order valence-electron chi connectivity index (χ2n) is 5.64. The first-order valence-corrected chi connectivity index (χ1v) is 8.25. The van der Waals surface area contributed by atoms with Gasteiger partial charge in [0, 0.05) is 11.4 Å². The fourth-order valence-corrected chi connectivity index (χ4v) is 3.49. The third kappa shape index (κ3) is 3.39. The minimum absolute atomic E-state index is 0.402. The minimum atomic E-state index is 0.402. The number of anilines is 2. The van der Waals surface area contributed by atoms with Crippen LogP contribution >= 0.6 is 11.3 Å². The summed E-state index contributed by atoms with van der Waals surface area (Å²) in [6.07, 6.45) is 3.72. The van der Waals surface area contributed by atoms with Crippen LogP contribution in [-0.2, 0) is 0 Å². The summed E-state index contributed by atoms with van der Waals surface area (Å²) >= 11 is 1.60.